The zero-order valence-electron chi connectivity index (χ0n) is 14.8. The molecule has 2 saturated heterocycles. The molecule has 2 aromatic rings. The van der Waals surface area contributed by atoms with Crippen molar-refractivity contribution in [3.63, 3.8) is 0 Å². The fraction of sp³-hybridized carbons (Fsp3) is 0.600. The molecule has 9 nitrogen and oxygen atoms in total. The molecule has 0 bridgehead atoms. The van der Waals surface area contributed by atoms with Crippen molar-refractivity contribution < 1.29 is 4.79 Å². The zero-order valence-corrected chi connectivity index (χ0v) is 17.2. The van der Waals surface area contributed by atoms with Crippen molar-refractivity contribution in [3.05, 3.63) is 18.5 Å². The van der Waals surface area contributed by atoms with Gasteiger partial charge in [-0.05, 0) is 32.0 Å². The number of piperidine rings is 1. The SMILES string of the molecule is Cl.Cl.Nc1nsc(N2CCN(C(=O)C3(n4cccn4)CCNCC3)CC2)n1. The lowest BCUT2D eigenvalue weighted by Gasteiger charge is -2.43. The van der Waals surface area contributed by atoms with Gasteiger partial charge in [0, 0.05) is 50.1 Å². The molecule has 2 aliphatic rings. The van der Waals surface area contributed by atoms with Crippen LogP contribution in [0.3, 0.4) is 0 Å². The van der Waals surface area contributed by atoms with Crippen molar-refractivity contribution in [1.29, 1.82) is 0 Å². The third-order valence-corrected chi connectivity index (χ3v) is 5.83. The minimum Gasteiger partial charge on any atom is -0.367 e. The molecule has 0 radical (unpaired) electrons. The Bertz CT molecular complexity index is 726. The Kier molecular flexibility index (Phi) is 7.26. The van der Waals surface area contributed by atoms with Crippen LogP contribution in [-0.4, -0.2) is 69.2 Å². The molecule has 0 aliphatic carbocycles. The molecule has 12 heteroatoms. The maximum Gasteiger partial charge on any atom is 0.250 e. The second-order valence-corrected chi connectivity index (χ2v) is 7.18. The summed E-state index contributed by atoms with van der Waals surface area (Å²) in [7, 11) is 0. The third kappa shape index (κ3) is 4.13. The van der Waals surface area contributed by atoms with E-state index in [4.69, 9.17) is 5.73 Å². The third-order valence-electron chi connectivity index (χ3n) is 5.04. The highest BCUT2D eigenvalue weighted by atomic mass is 35.5. The molecular formula is C15H24Cl2N8OS. The summed E-state index contributed by atoms with van der Waals surface area (Å²) in [5.74, 6) is 0.486. The van der Waals surface area contributed by atoms with E-state index in [1.54, 1.807) is 6.20 Å². The van der Waals surface area contributed by atoms with Crippen LogP contribution in [0.1, 0.15) is 12.8 Å². The number of nitrogens with one attached hydrogen (secondary N) is 1. The lowest BCUT2D eigenvalue weighted by molar-refractivity contribution is -0.143. The molecule has 4 heterocycles. The molecule has 0 spiro atoms. The molecule has 4 rings (SSSR count). The van der Waals surface area contributed by atoms with Crippen LogP contribution in [0.2, 0.25) is 0 Å². The number of piperazine rings is 1. The lowest BCUT2D eigenvalue weighted by atomic mass is 9.86. The van der Waals surface area contributed by atoms with Gasteiger partial charge in [0.25, 0.3) is 5.91 Å². The van der Waals surface area contributed by atoms with Gasteiger partial charge in [0.1, 0.15) is 5.54 Å². The summed E-state index contributed by atoms with van der Waals surface area (Å²) < 4.78 is 5.89. The predicted octanol–water partition coefficient (Wildman–Crippen LogP) is 0.588. The number of amides is 1. The van der Waals surface area contributed by atoms with Crippen molar-refractivity contribution in [1.82, 2.24) is 29.4 Å². The number of hydrogen-bond acceptors (Lipinski definition) is 8. The summed E-state index contributed by atoms with van der Waals surface area (Å²) >= 11 is 1.31. The number of halogens is 2. The Labute approximate surface area is 174 Å². The number of hydrogen-bond donors (Lipinski definition) is 2. The average Bonchev–Trinajstić information content (AvgIpc) is 3.34. The topological polar surface area (TPSA) is 105 Å². The van der Waals surface area contributed by atoms with Crippen LogP contribution in [0.5, 0.6) is 0 Å². The first kappa shape index (κ1) is 21.7. The first-order valence-corrected chi connectivity index (χ1v) is 9.31. The highest BCUT2D eigenvalue weighted by molar-refractivity contribution is 7.09. The van der Waals surface area contributed by atoms with Gasteiger partial charge in [0.05, 0.1) is 0 Å². The summed E-state index contributed by atoms with van der Waals surface area (Å²) in [4.78, 5) is 21.7. The fourth-order valence-corrected chi connectivity index (χ4v) is 4.30. The summed E-state index contributed by atoms with van der Waals surface area (Å²) in [6, 6.07) is 1.88. The maximum atomic E-state index is 13.4. The molecule has 0 aromatic carbocycles. The largest absolute Gasteiger partial charge is 0.367 e. The van der Waals surface area contributed by atoms with Gasteiger partial charge < -0.3 is 20.9 Å². The number of rotatable bonds is 3. The van der Waals surface area contributed by atoms with Crippen molar-refractivity contribution in [3.8, 4) is 0 Å². The highest BCUT2D eigenvalue weighted by Gasteiger charge is 2.45. The van der Waals surface area contributed by atoms with E-state index in [0.29, 0.717) is 19.0 Å². The maximum absolute atomic E-state index is 13.4. The minimum absolute atomic E-state index is 0. The Balaban J connectivity index is 0.00000131. The van der Waals surface area contributed by atoms with E-state index in [-0.39, 0.29) is 30.7 Å². The van der Waals surface area contributed by atoms with Gasteiger partial charge in [-0.25, -0.2) is 0 Å². The quantitative estimate of drug-likeness (QED) is 0.727. The molecule has 150 valence electrons. The van der Waals surface area contributed by atoms with Crippen LogP contribution in [-0.2, 0) is 10.3 Å². The van der Waals surface area contributed by atoms with Gasteiger partial charge in [0.15, 0.2) is 0 Å². The predicted molar refractivity (Wildman–Crippen MR) is 110 cm³/mol. The van der Waals surface area contributed by atoms with Gasteiger partial charge in [0.2, 0.25) is 11.1 Å². The Morgan fingerprint density at radius 1 is 1.19 bits per heavy atom. The number of nitrogens with zero attached hydrogens (tertiary/aromatic N) is 6. The first-order chi connectivity index (χ1) is 12.2. The van der Waals surface area contributed by atoms with Crippen molar-refractivity contribution in [2.45, 2.75) is 18.4 Å². The summed E-state index contributed by atoms with van der Waals surface area (Å²) in [5, 5.41) is 8.57. The molecule has 27 heavy (non-hydrogen) atoms. The molecule has 1 amide bonds. The lowest BCUT2D eigenvalue weighted by Crippen LogP contribution is -2.59. The van der Waals surface area contributed by atoms with E-state index < -0.39 is 5.54 Å². The van der Waals surface area contributed by atoms with E-state index in [2.05, 4.69) is 24.7 Å². The molecule has 0 unspecified atom stereocenters. The standard InChI is InChI=1S/C15H22N8OS.2ClH/c16-13-19-14(25-20-13)22-10-8-21(9-11-22)12(24)15(2-5-17-6-3-15)23-7-1-4-18-23;;/h1,4,7,17H,2-3,5-6,8-11H2,(H2,16,20);2*1H. The van der Waals surface area contributed by atoms with Crippen LogP contribution >= 0.6 is 36.3 Å². The molecule has 0 saturated carbocycles. The Hall–Kier alpha value is -1.62. The number of carbonyl (C=O) groups is 1. The van der Waals surface area contributed by atoms with Crippen molar-refractivity contribution >= 4 is 53.3 Å². The smallest absolute Gasteiger partial charge is 0.250 e. The summed E-state index contributed by atoms with van der Waals surface area (Å²) in [5.41, 5.74) is 5.05. The molecule has 2 aliphatic heterocycles. The molecule has 3 N–H and O–H groups in total. The van der Waals surface area contributed by atoms with Crippen LogP contribution in [0.4, 0.5) is 11.1 Å². The van der Waals surface area contributed by atoms with Crippen molar-refractivity contribution in [2.75, 3.05) is 49.9 Å². The van der Waals surface area contributed by atoms with Crippen LogP contribution in [0, 0.1) is 0 Å². The van der Waals surface area contributed by atoms with Crippen molar-refractivity contribution in [2.24, 2.45) is 0 Å². The van der Waals surface area contributed by atoms with Crippen LogP contribution in [0.25, 0.3) is 0 Å². The number of aromatic nitrogens is 4. The summed E-state index contributed by atoms with van der Waals surface area (Å²) in [6.07, 6.45) is 5.18. The fourth-order valence-electron chi connectivity index (χ4n) is 3.65. The first-order valence-electron chi connectivity index (χ1n) is 8.53. The molecule has 2 fully saturated rings. The monoisotopic (exact) mass is 434 g/mol. The van der Waals surface area contributed by atoms with Crippen LogP contribution in [0.15, 0.2) is 18.5 Å². The van der Waals surface area contributed by atoms with E-state index in [0.717, 1.165) is 44.2 Å². The zero-order chi connectivity index (χ0) is 17.3. The van der Waals surface area contributed by atoms with E-state index in [1.807, 2.05) is 21.8 Å². The number of nitrogens with two attached hydrogens (primary N) is 1. The second kappa shape index (κ2) is 9.05. The number of nitrogen functional groups attached to an aromatic ring is 1. The molecular weight excluding hydrogens is 411 g/mol. The summed E-state index contributed by atoms with van der Waals surface area (Å²) in [6.45, 7) is 4.50. The van der Waals surface area contributed by atoms with E-state index in [1.165, 1.54) is 11.5 Å². The van der Waals surface area contributed by atoms with Gasteiger partial charge in [-0.3, -0.25) is 9.48 Å². The minimum atomic E-state index is -0.565. The van der Waals surface area contributed by atoms with Gasteiger partial charge >= 0.3 is 0 Å². The second-order valence-electron chi connectivity index (χ2n) is 6.45. The van der Waals surface area contributed by atoms with Gasteiger partial charge in [-0.2, -0.15) is 14.5 Å². The van der Waals surface area contributed by atoms with E-state index >= 15 is 0 Å². The number of anilines is 2. The average molecular weight is 435 g/mol. The number of carbonyl (C=O) groups excluding carboxylic acids is 1. The molecule has 2 aromatic heterocycles. The van der Waals surface area contributed by atoms with Crippen LogP contribution < -0.4 is 16.0 Å². The van der Waals surface area contributed by atoms with E-state index in [9.17, 15) is 4.79 Å². The highest BCUT2D eigenvalue weighted by Crippen LogP contribution is 2.30. The normalized spacial score (nSPS) is 19.1. The Morgan fingerprint density at radius 2 is 1.89 bits per heavy atom. The Morgan fingerprint density at radius 3 is 2.44 bits per heavy atom. The molecule has 0 atom stereocenters. The van der Waals surface area contributed by atoms with Gasteiger partial charge in [-0.15, -0.1) is 24.8 Å². The van der Waals surface area contributed by atoms with Gasteiger partial charge in [-0.1, -0.05) is 0 Å².